The van der Waals surface area contributed by atoms with Crippen LogP contribution in [0.5, 0.6) is 0 Å². The van der Waals surface area contributed by atoms with E-state index in [2.05, 4.69) is 13.8 Å². The minimum Gasteiger partial charge on any atom is -0.446 e. The molecule has 1 rings (SSSR count). The summed E-state index contributed by atoms with van der Waals surface area (Å²) in [5.74, 6) is 0. The van der Waals surface area contributed by atoms with Crippen LogP contribution in [0.25, 0.3) is 0 Å². The van der Waals surface area contributed by atoms with E-state index in [1.807, 2.05) is 32.6 Å². The summed E-state index contributed by atoms with van der Waals surface area (Å²) in [4.78, 5) is 14.4. The molecule has 1 aliphatic heterocycles. The topological polar surface area (TPSA) is 52.7 Å². The minimum absolute atomic E-state index is 0.191. The SMILES string of the molecule is CCCCN(CCCC)C(=O)OC1CC(C)(C)N([O])C(C)(C)C1. The summed E-state index contributed by atoms with van der Waals surface area (Å²) in [5, 5.41) is 13.5. The number of hydrogen-bond donors (Lipinski definition) is 0. The summed E-state index contributed by atoms with van der Waals surface area (Å²) < 4.78 is 5.79. The maximum absolute atomic E-state index is 12.5. The highest BCUT2D eigenvalue weighted by molar-refractivity contribution is 5.67. The molecular formula is C18H35N2O3. The first kappa shape index (κ1) is 20.2. The van der Waals surface area contributed by atoms with Crippen molar-refractivity contribution in [2.45, 2.75) is 97.2 Å². The van der Waals surface area contributed by atoms with Gasteiger partial charge in [-0.15, -0.1) is 10.3 Å². The first-order chi connectivity index (χ1) is 10.6. The lowest BCUT2D eigenvalue weighted by molar-refractivity contribution is -0.298. The largest absolute Gasteiger partial charge is 0.446 e. The van der Waals surface area contributed by atoms with Gasteiger partial charge in [0.2, 0.25) is 0 Å². The Morgan fingerprint density at radius 3 is 1.87 bits per heavy atom. The van der Waals surface area contributed by atoms with E-state index in [4.69, 9.17) is 4.74 Å². The molecule has 0 aromatic carbocycles. The van der Waals surface area contributed by atoms with Gasteiger partial charge in [-0.2, -0.15) is 0 Å². The van der Waals surface area contributed by atoms with Crippen LogP contribution in [0, 0.1) is 0 Å². The van der Waals surface area contributed by atoms with Crippen molar-refractivity contribution in [2.75, 3.05) is 13.1 Å². The molecule has 1 aliphatic rings. The van der Waals surface area contributed by atoms with E-state index in [-0.39, 0.29) is 12.2 Å². The summed E-state index contributed by atoms with van der Waals surface area (Å²) in [5.41, 5.74) is -1.02. The van der Waals surface area contributed by atoms with Crippen molar-refractivity contribution in [3.05, 3.63) is 0 Å². The molecule has 0 atom stereocenters. The number of carbonyl (C=O) groups is 1. The third kappa shape index (κ3) is 5.64. The Hall–Kier alpha value is -0.810. The molecule has 0 saturated carbocycles. The molecule has 1 heterocycles. The Kier molecular flexibility index (Phi) is 7.33. The molecule has 5 nitrogen and oxygen atoms in total. The van der Waals surface area contributed by atoms with Crippen molar-refractivity contribution in [3.63, 3.8) is 0 Å². The zero-order valence-electron chi connectivity index (χ0n) is 15.9. The van der Waals surface area contributed by atoms with Crippen LogP contribution in [-0.4, -0.2) is 46.3 Å². The van der Waals surface area contributed by atoms with Crippen LogP contribution in [0.1, 0.15) is 80.1 Å². The molecule has 0 aliphatic carbocycles. The van der Waals surface area contributed by atoms with E-state index in [1.54, 1.807) is 0 Å². The van der Waals surface area contributed by atoms with Gasteiger partial charge < -0.3 is 9.64 Å². The van der Waals surface area contributed by atoms with Gasteiger partial charge in [0.05, 0.1) is 0 Å². The van der Waals surface area contributed by atoms with E-state index >= 15 is 0 Å². The molecule has 1 saturated heterocycles. The van der Waals surface area contributed by atoms with Crippen molar-refractivity contribution in [3.8, 4) is 0 Å². The molecular weight excluding hydrogens is 292 g/mol. The highest BCUT2D eigenvalue weighted by Gasteiger charge is 2.47. The van der Waals surface area contributed by atoms with Crippen molar-refractivity contribution in [1.29, 1.82) is 0 Å². The highest BCUT2D eigenvalue weighted by Crippen LogP contribution is 2.38. The number of hydroxylamine groups is 2. The fraction of sp³-hybridized carbons (Fsp3) is 0.944. The van der Waals surface area contributed by atoms with Gasteiger partial charge in [0.15, 0.2) is 0 Å². The molecule has 0 bridgehead atoms. The Labute approximate surface area is 141 Å². The number of ether oxygens (including phenoxy) is 1. The number of amides is 1. The molecule has 0 unspecified atom stereocenters. The Morgan fingerprint density at radius 1 is 1.04 bits per heavy atom. The Balaban J connectivity index is 2.69. The fourth-order valence-electron chi connectivity index (χ4n) is 3.46. The third-order valence-electron chi connectivity index (χ3n) is 4.64. The summed E-state index contributed by atoms with van der Waals surface area (Å²) in [6.07, 6.45) is 4.87. The summed E-state index contributed by atoms with van der Waals surface area (Å²) in [6, 6.07) is 0. The number of rotatable bonds is 7. The lowest BCUT2D eigenvalue weighted by atomic mass is 9.80. The average Bonchev–Trinajstić information content (AvgIpc) is 2.44. The summed E-state index contributed by atoms with van der Waals surface area (Å²) in [7, 11) is 0. The van der Waals surface area contributed by atoms with Gasteiger partial charge in [-0.3, -0.25) is 0 Å². The van der Waals surface area contributed by atoms with E-state index < -0.39 is 11.1 Å². The van der Waals surface area contributed by atoms with Crippen LogP contribution in [0.15, 0.2) is 0 Å². The fourth-order valence-corrected chi connectivity index (χ4v) is 3.46. The molecule has 1 fully saturated rings. The first-order valence-corrected chi connectivity index (χ1v) is 9.07. The quantitative estimate of drug-likeness (QED) is 0.696. The molecule has 5 heteroatoms. The molecule has 0 N–H and O–H groups in total. The maximum Gasteiger partial charge on any atom is 0.410 e. The zero-order chi connectivity index (χ0) is 17.7. The summed E-state index contributed by atoms with van der Waals surface area (Å²) >= 11 is 0. The number of carbonyl (C=O) groups excluding carboxylic acids is 1. The number of hydrogen-bond acceptors (Lipinski definition) is 3. The molecule has 0 spiro atoms. The maximum atomic E-state index is 12.5. The van der Waals surface area contributed by atoms with Crippen molar-refractivity contribution in [1.82, 2.24) is 9.96 Å². The van der Waals surface area contributed by atoms with Crippen molar-refractivity contribution >= 4 is 6.09 Å². The second kappa shape index (κ2) is 8.34. The van der Waals surface area contributed by atoms with Gasteiger partial charge >= 0.3 is 6.09 Å². The van der Waals surface area contributed by atoms with Crippen LogP contribution in [-0.2, 0) is 9.94 Å². The van der Waals surface area contributed by atoms with Crippen molar-refractivity contribution < 1.29 is 14.7 Å². The van der Waals surface area contributed by atoms with Crippen LogP contribution >= 0.6 is 0 Å². The molecule has 0 aromatic heterocycles. The lowest BCUT2D eigenvalue weighted by Gasteiger charge is -2.49. The van der Waals surface area contributed by atoms with Crippen LogP contribution in [0.4, 0.5) is 4.79 Å². The van der Waals surface area contributed by atoms with E-state index in [0.29, 0.717) is 12.8 Å². The lowest BCUT2D eigenvalue weighted by Crippen LogP contribution is -2.60. The predicted octanol–water partition coefficient (Wildman–Crippen LogP) is 4.39. The number of piperidine rings is 1. The van der Waals surface area contributed by atoms with Gasteiger partial charge in [-0.25, -0.2) is 4.79 Å². The van der Waals surface area contributed by atoms with E-state index in [9.17, 15) is 10.0 Å². The van der Waals surface area contributed by atoms with Crippen molar-refractivity contribution in [2.24, 2.45) is 0 Å². The standard InChI is InChI=1S/C18H35N2O3/c1-7-9-11-19(12-10-8-2)16(21)23-15-13-17(3,4)20(22)18(5,6)14-15/h15H,7-14H2,1-6H3. The summed E-state index contributed by atoms with van der Waals surface area (Å²) in [6.45, 7) is 13.4. The Bertz CT molecular complexity index is 356. The average molecular weight is 327 g/mol. The second-order valence-corrected chi connectivity index (χ2v) is 8.03. The minimum atomic E-state index is -0.510. The molecule has 1 radical (unpaired) electrons. The first-order valence-electron chi connectivity index (χ1n) is 9.07. The highest BCUT2D eigenvalue weighted by atomic mass is 16.6. The van der Waals surface area contributed by atoms with Gasteiger partial charge in [-0.05, 0) is 40.5 Å². The third-order valence-corrected chi connectivity index (χ3v) is 4.64. The van der Waals surface area contributed by atoms with Gasteiger partial charge in [0, 0.05) is 37.0 Å². The van der Waals surface area contributed by atoms with Gasteiger partial charge in [0.25, 0.3) is 0 Å². The van der Waals surface area contributed by atoms with Crippen LogP contribution in [0.3, 0.4) is 0 Å². The van der Waals surface area contributed by atoms with E-state index in [0.717, 1.165) is 43.8 Å². The van der Waals surface area contributed by atoms with Gasteiger partial charge in [0.1, 0.15) is 6.10 Å². The normalized spacial score (nSPS) is 21.2. The second-order valence-electron chi connectivity index (χ2n) is 8.03. The molecule has 1 amide bonds. The van der Waals surface area contributed by atoms with Crippen LogP contribution < -0.4 is 0 Å². The van der Waals surface area contributed by atoms with Gasteiger partial charge in [-0.1, -0.05) is 26.7 Å². The predicted molar refractivity (Wildman–Crippen MR) is 91.6 cm³/mol. The van der Waals surface area contributed by atoms with E-state index in [1.165, 1.54) is 0 Å². The smallest absolute Gasteiger partial charge is 0.410 e. The molecule has 0 aromatic rings. The monoisotopic (exact) mass is 327 g/mol. The Morgan fingerprint density at radius 2 is 1.48 bits per heavy atom. The molecule has 23 heavy (non-hydrogen) atoms. The number of unbranched alkanes of at least 4 members (excludes halogenated alkanes) is 2. The zero-order valence-corrected chi connectivity index (χ0v) is 15.9. The molecule has 135 valence electrons. The van der Waals surface area contributed by atoms with Crippen LogP contribution in [0.2, 0.25) is 0 Å². The number of nitrogens with zero attached hydrogens (tertiary/aromatic N) is 2.